The van der Waals surface area contributed by atoms with E-state index in [0.29, 0.717) is 5.92 Å². The van der Waals surface area contributed by atoms with Crippen LogP contribution in [-0.2, 0) is 32.1 Å². The lowest BCUT2D eigenvalue weighted by atomic mass is 9.89. The lowest BCUT2D eigenvalue weighted by Crippen LogP contribution is -2.34. The molecule has 1 nitrogen and oxygen atoms in total. The van der Waals surface area contributed by atoms with E-state index in [4.69, 9.17) is 0 Å². The lowest BCUT2D eigenvalue weighted by Gasteiger charge is -2.38. The van der Waals surface area contributed by atoms with Gasteiger partial charge in [0.2, 0.25) is 0 Å². The van der Waals surface area contributed by atoms with E-state index >= 15 is 0 Å². The van der Waals surface area contributed by atoms with Crippen LogP contribution >= 0.6 is 8.58 Å². The van der Waals surface area contributed by atoms with Gasteiger partial charge in [0, 0.05) is 19.3 Å². The molecule has 0 N–H and O–H groups in total. The van der Waals surface area contributed by atoms with Crippen molar-refractivity contribution in [2.75, 3.05) is 20.3 Å². The number of piperidine rings is 1. The molecule has 0 radical (unpaired) electrons. The molecule has 2 heteroatoms. The minimum Gasteiger partial charge on any atom is -0.377 e. The van der Waals surface area contributed by atoms with E-state index in [2.05, 4.69) is 57.8 Å². The third kappa shape index (κ3) is 5.73. The maximum absolute atomic E-state index is 3.92. The number of hydrogen-bond donors (Lipinski definition) is 0. The number of benzene rings is 1. The summed E-state index contributed by atoms with van der Waals surface area (Å²) >= 11 is 0. The topological polar surface area (TPSA) is 3.24 Å². The highest BCUT2D eigenvalue weighted by Gasteiger charge is 2.25. The Morgan fingerprint density at radius 1 is 1.10 bits per heavy atom. The second-order valence-electron chi connectivity index (χ2n) is 9.89. The Bertz CT molecular complexity index is 772. The Balaban J connectivity index is 0.000000180. The minimum absolute atomic E-state index is 0.698. The van der Waals surface area contributed by atoms with E-state index in [0.717, 1.165) is 14.5 Å². The van der Waals surface area contributed by atoms with Crippen LogP contribution in [-0.4, -0.2) is 25.2 Å². The van der Waals surface area contributed by atoms with Gasteiger partial charge in [-0.25, -0.2) is 0 Å². The number of aryl methyl sites for hydroxylation is 2. The molecule has 3 aliphatic rings. The predicted molar refractivity (Wildman–Crippen MR) is 141 cm³/mol. The monoisotopic (exact) mass is 437 g/mol. The van der Waals surface area contributed by atoms with E-state index in [1.54, 1.807) is 27.8 Å². The van der Waals surface area contributed by atoms with Crippen molar-refractivity contribution in [3.05, 3.63) is 70.2 Å². The summed E-state index contributed by atoms with van der Waals surface area (Å²) in [6.07, 6.45) is 17.3. The van der Waals surface area contributed by atoms with Crippen molar-refractivity contribution in [1.82, 2.24) is 4.90 Å². The second-order valence-corrected chi connectivity index (χ2v) is 10.9. The van der Waals surface area contributed by atoms with Crippen LogP contribution in [0.2, 0.25) is 0 Å². The van der Waals surface area contributed by atoms with Gasteiger partial charge in [0.05, 0.1) is 0 Å². The molecule has 0 spiro atoms. The van der Waals surface area contributed by atoms with E-state index in [1.807, 2.05) is 6.08 Å². The summed E-state index contributed by atoms with van der Waals surface area (Å²) in [6, 6.07) is 2.53. The van der Waals surface area contributed by atoms with E-state index in [-0.39, 0.29) is 0 Å². The van der Waals surface area contributed by atoms with Crippen LogP contribution in [0.3, 0.4) is 0 Å². The van der Waals surface area contributed by atoms with Gasteiger partial charge in [0.15, 0.2) is 0 Å². The Morgan fingerprint density at radius 3 is 2.26 bits per heavy atom. The zero-order chi connectivity index (χ0) is 22.4. The van der Waals surface area contributed by atoms with Crippen LogP contribution in [0.25, 0.3) is 0 Å². The maximum Gasteiger partial charge on any atom is 0.0234 e. The predicted octanol–water partition coefficient (Wildman–Crippen LogP) is 7.47. The molecular weight excluding hydrogens is 393 g/mol. The molecule has 1 aliphatic heterocycles. The second kappa shape index (κ2) is 11.5. The molecule has 170 valence electrons. The largest absolute Gasteiger partial charge is 0.377 e. The molecule has 3 atom stereocenters. The molecule has 31 heavy (non-hydrogen) atoms. The number of unbranched alkanes of at least 4 members (excludes halogenated alkanes) is 1. The first kappa shape index (κ1) is 24.3. The molecule has 1 saturated heterocycles. The van der Waals surface area contributed by atoms with Gasteiger partial charge in [-0.3, -0.25) is 0 Å². The summed E-state index contributed by atoms with van der Waals surface area (Å²) in [5.74, 6) is 1.52. The number of allylic oxidation sites excluding steroid dienone is 4. The van der Waals surface area contributed by atoms with Gasteiger partial charge < -0.3 is 4.90 Å². The number of likely N-dealkylation sites (tertiary alicyclic amines) is 1. The van der Waals surface area contributed by atoms with Gasteiger partial charge in [0.1, 0.15) is 0 Å². The molecule has 1 aromatic carbocycles. The number of rotatable bonds is 6. The Labute approximate surface area is 193 Å². The number of nitrogens with zero attached hydrogens (tertiary/aromatic N) is 1. The molecule has 4 rings (SSSR count). The van der Waals surface area contributed by atoms with Gasteiger partial charge in [-0.1, -0.05) is 47.2 Å². The number of fused-ring (bicyclic) bond motifs is 2. The standard InChI is InChI=1S/C17H22.C12H22NP/c1-2-3-4-9-17-15-10-5-7-13(15)12-14-8-6-11-16(14)17;1-6-11(14-5)12-10(3)7-9(2)8-13(12)4/h2,12H,1,3-11H2;6,9-10,14H,1,7-8H2,2-5H3/b;12-11+. The van der Waals surface area contributed by atoms with Crippen LogP contribution in [0.1, 0.15) is 73.8 Å². The van der Waals surface area contributed by atoms with Gasteiger partial charge in [-0.2, -0.15) is 0 Å². The fourth-order valence-corrected chi connectivity index (χ4v) is 7.09. The molecule has 1 heterocycles. The van der Waals surface area contributed by atoms with Crippen molar-refractivity contribution >= 4 is 8.58 Å². The highest BCUT2D eigenvalue weighted by molar-refractivity contribution is 7.42. The van der Waals surface area contributed by atoms with Crippen LogP contribution in [0.15, 0.2) is 42.4 Å². The molecular formula is C29H44NP. The zero-order valence-corrected chi connectivity index (χ0v) is 21.5. The molecule has 0 bridgehead atoms. The molecule has 1 fully saturated rings. The summed E-state index contributed by atoms with van der Waals surface area (Å²) in [4.78, 5) is 2.42. The SMILES string of the molecule is C=C/C(PC)=C1/C(C)CC(C)CN1C.C=CCCCc1c2c(cc3c1CCC3)CCC2. The normalized spacial score (nSPS) is 23.9. The maximum atomic E-state index is 3.92. The highest BCUT2D eigenvalue weighted by atomic mass is 31.1. The van der Waals surface area contributed by atoms with Crippen LogP contribution in [0, 0.1) is 11.8 Å². The van der Waals surface area contributed by atoms with Gasteiger partial charge in [-0.05, 0) is 116 Å². The summed E-state index contributed by atoms with van der Waals surface area (Å²) < 4.78 is 0. The first-order valence-electron chi connectivity index (χ1n) is 12.5. The smallest absolute Gasteiger partial charge is 0.0234 e. The highest BCUT2D eigenvalue weighted by Crippen LogP contribution is 2.37. The quantitative estimate of drug-likeness (QED) is 0.253. The van der Waals surface area contributed by atoms with Crippen molar-refractivity contribution in [3.8, 4) is 0 Å². The fraction of sp³-hybridized carbons (Fsp3) is 0.586. The summed E-state index contributed by atoms with van der Waals surface area (Å²) in [5.41, 5.74) is 10.1. The molecule has 1 aromatic rings. The number of hydrogen-bond acceptors (Lipinski definition) is 1. The van der Waals surface area contributed by atoms with Crippen molar-refractivity contribution in [1.29, 1.82) is 0 Å². The van der Waals surface area contributed by atoms with Gasteiger partial charge in [-0.15, -0.1) is 6.58 Å². The molecule has 0 amide bonds. The third-order valence-electron chi connectivity index (χ3n) is 7.40. The summed E-state index contributed by atoms with van der Waals surface area (Å²) in [5, 5.41) is 1.45. The Kier molecular flexibility index (Phi) is 9.03. The van der Waals surface area contributed by atoms with Crippen LogP contribution < -0.4 is 0 Å². The molecule has 0 aromatic heterocycles. The average molecular weight is 438 g/mol. The third-order valence-corrected chi connectivity index (χ3v) is 8.40. The van der Waals surface area contributed by atoms with E-state index in [1.165, 1.54) is 81.8 Å². The van der Waals surface area contributed by atoms with E-state index < -0.39 is 0 Å². The Morgan fingerprint density at radius 2 is 1.74 bits per heavy atom. The van der Waals surface area contributed by atoms with Crippen LogP contribution in [0.5, 0.6) is 0 Å². The summed E-state index contributed by atoms with van der Waals surface area (Å²) in [7, 11) is 3.08. The molecule has 2 aliphatic carbocycles. The Hall–Kier alpha value is -1.33. The van der Waals surface area contributed by atoms with Crippen molar-refractivity contribution in [2.45, 2.75) is 78.1 Å². The first-order valence-corrected chi connectivity index (χ1v) is 14.0. The van der Waals surface area contributed by atoms with Crippen molar-refractivity contribution < 1.29 is 0 Å². The molecule has 0 saturated carbocycles. The lowest BCUT2D eigenvalue weighted by molar-refractivity contribution is 0.230. The van der Waals surface area contributed by atoms with Crippen molar-refractivity contribution in [3.63, 3.8) is 0 Å². The van der Waals surface area contributed by atoms with Gasteiger partial charge in [0.25, 0.3) is 0 Å². The summed E-state index contributed by atoms with van der Waals surface area (Å²) in [6.45, 7) is 15.9. The minimum atomic E-state index is 0.698. The fourth-order valence-electron chi connectivity index (χ4n) is 6.20. The van der Waals surface area contributed by atoms with Crippen molar-refractivity contribution in [2.24, 2.45) is 11.8 Å². The van der Waals surface area contributed by atoms with Gasteiger partial charge >= 0.3 is 0 Å². The first-order chi connectivity index (χ1) is 15.0. The van der Waals surface area contributed by atoms with E-state index in [9.17, 15) is 0 Å². The average Bonchev–Trinajstić information content (AvgIpc) is 3.40. The van der Waals surface area contributed by atoms with Crippen LogP contribution in [0.4, 0.5) is 0 Å². The zero-order valence-electron chi connectivity index (χ0n) is 20.5. The molecule has 3 unspecified atom stereocenters.